The van der Waals surface area contributed by atoms with E-state index in [4.69, 9.17) is 22.0 Å². The number of nitrogens with zero attached hydrogens (tertiary/aromatic N) is 2. The Balaban J connectivity index is 2.10. The van der Waals surface area contributed by atoms with Crippen LogP contribution < -0.4 is 0 Å². The first-order chi connectivity index (χ1) is 10.2. The first-order valence-corrected chi connectivity index (χ1v) is 7.49. The molecule has 2 radical (unpaired) electrons. The molecule has 2 atom stereocenters. The van der Waals surface area contributed by atoms with Crippen molar-refractivity contribution in [2.75, 3.05) is 13.1 Å². The second-order valence-electron chi connectivity index (χ2n) is 6.73. The zero-order valence-corrected chi connectivity index (χ0v) is 13.9. The second kappa shape index (κ2) is 6.32. The van der Waals surface area contributed by atoms with Gasteiger partial charge in [0.1, 0.15) is 11.4 Å². The predicted molar refractivity (Wildman–Crippen MR) is 81.8 cm³/mol. The first kappa shape index (κ1) is 16.9. The number of aryl methyl sites for hydroxylation is 2. The molecule has 1 fully saturated rings. The summed E-state index contributed by atoms with van der Waals surface area (Å²) in [7, 11) is 5.46. The lowest BCUT2D eigenvalue weighted by Crippen LogP contribution is -2.48. The Morgan fingerprint density at radius 3 is 2.59 bits per heavy atom. The van der Waals surface area contributed by atoms with E-state index in [2.05, 4.69) is 5.16 Å². The van der Waals surface area contributed by atoms with Gasteiger partial charge in [-0.25, -0.2) is 4.79 Å². The molecule has 2 heterocycles. The summed E-state index contributed by atoms with van der Waals surface area (Å²) in [5.74, 6) is 0.838. The molecule has 1 aromatic heterocycles. The van der Waals surface area contributed by atoms with Crippen LogP contribution in [0, 0.1) is 13.8 Å². The molecule has 1 aromatic rings. The highest BCUT2D eigenvalue weighted by atomic mass is 16.6. The summed E-state index contributed by atoms with van der Waals surface area (Å²) in [4.78, 5) is 13.8. The van der Waals surface area contributed by atoms with Crippen molar-refractivity contribution in [3.05, 3.63) is 17.0 Å². The van der Waals surface area contributed by atoms with Crippen LogP contribution in [-0.4, -0.2) is 49.0 Å². The van der Waals surface area contributed by atoms with E-state index < -0.39 is 5.60 Å². The summed E-state index contributed by atoms with van der Waals surface area (Å²) in [5.41, 5.74) is 1.35. The fourth-order valence-corrected chi connectivity index (χ4v) is 2.90. The third kappa shape index (κ3) is 3.63. The van der Waals surface area contributed by atoms with Crippen molar-refractivity contribution in [3.63, 3.8) is 0 Å². The van der Waals surface area contributed by atoms with Crippen LogP contribution in [-0.2, 0) is 9.39 Å². The molecule has 120 valence electrons. The van der Waals surface area contributed by atoms with Gasteiger partial charge in [-0.3, -0.25) is 0 Å². The highest BCUT2D eigenvalue weighted by Gasteiger charge is 2.36. The molecule has 0 aliphatic carbocycles. The number of hydrogen-bond donors (Lipinski definition) is 0. The quantitative estimate of drug-likeness (QED) is 0.785. The zero-order valence-electron chi connectivity index (χ0n) is 13.9. The van der Waals surface area contributed by atoms with Crippen LogP contribution in [0.4, 0.5) is 4.79 Å². The minimum atomic E-state index is -0.519. The molecule has 0 N–H and O–H groups in total. The average Bonchev–Trinajstić information content (AvgIpc) is 2.75. The average molecular weight is 306 g/mol. The van der Waals surface area contributed by atoms with E-state index in [1.165, 1.54) is 0 Å². The van der Waals surface area contributed by atoms with Crippen LogP contribution in [0.2, 0.25) is 0 Å². The molecule has 2 rings (SSSR count). The Hall–Kier alpha value is -1.50. The number of piperidine rings is 1. The van der Waals surface area contributed by atoms with Crippen LogP contribution >= 0.6 is 0 Å². The van der Waals surface area contributed by atoms with Crippen LogP contribution in [0.25, 0.3) is 0 Å². The molecule has 7 heteroatoms. The lowest BCUT2D eigenvalue weighted by Gasteiger charge is -2.38. The van der Waals surface area contributed by atoms with E-state index in [-0.39, 0.29) is 18.1 Å². The summed E-state index contributed by atoms with van der Waals surface area (Å²) >= 11 is 0. The number of hydrogen-bond acceptors (Lipinski definition) is 5. The number of ether oxygens (including phenoxy) is 1. The molecule has 1 saturated heterocycles. The van der Waals surface area contributed by atoms with Gasteiger partial charge in [0.15, 0.2) is 0 Å². The number of likely N-dealkylation sites (tertiary alicyclic amines) is 1. The van der Waals surface area contributed by atoms with Gasteiger partial charge in [0.2, 0.25) is 0 Å². The molecule has 6 nitrogen and oxygen atoms in total. The zero-order chi connectivity index (χ0) is 16.5. The Morgan fingerprint density at radius 2 is 2.09 bits per heavy atom. The number of carbonyl (C=O) groups excluding carboxylic acids is 1. The normalized spacial score (nSPS) is 22.7. The van der Waals surface area contributed by atoms with Crippen molar-refractivity contribution in [2.24, 2.45) is 0 Å². The fraction of sp³-hybridized carbons (Fsp3) is 0.733. The third-order valence-electron chi connectivity index (χ3n) is 3.85. The van der Waals surface area contributed by atoms with Crippen molar-refractivity contribution < 1.29 is 18.7 Å². The topological polar surface area (TPSA) is 64.8 Å². The van der Waals surface area contributed by atoms with Gasteiger partial charge >= 0.3 is 6.09 Å². The molecule has 0 saturated carbocycles. The minimum absolute atomic E-state index is 0.0648. The maximum absolute atomic E-state index is 12.2. The van der Waals surface area contributed by atoms with Crippen molar-refractivity contribution in [1.29, 1.82) is 0 Å². The highest BCUT2D eigenvalue weighted by molar-refractivity contribution is 5.98. The third-order valence-corrected chi connectivity index (χ3v) is 3.85. The summed E-state index contributed by atoms with van der Waals surface area (Å²) < 4.78 is 15.8. The maximum Gasteiger partial charge on any atom is 0.410 e. The standard InChI is InChI=1S/C15H23BN2O4/c1-9-13(10(2)22-17-9)11-6-7-18(8-12(11)21-16)14(19)20-15(3,4)5/h11-12H,6-8H2,1-5H3. The van der Waals surface area contributed by atoms with Gasteiger partial charge < -0.3 is 18.8 Å². The van der Waals surface area contributed by atoms with Gasteiger partial charge in [-0.2, -0.15) is 0 Å². The molecule has 1 aliphatic heterocycles. The van der Waals surface area contributed by atoms with Crippen molar-refractivity contribution in [3.8, 4) is 0 Å². The Labute approximate surface area is 132 Å². The van der Waals surface area contributed by atoms with Gasteiger partial charge in [-0.1, -0.05) is 5.16 Å². The number of aromatic nitrogens is 1. The largest absolute Gasteiger partial charge is 0.444 e. The highest BCUT2D eigenvalue weighted by Crippen LogP contribution is 2.34. The van der Waals surface area contributed by atoms with Gasteiger partial charge in [0, 0.05) is 24.6 Å². The smallest absolute Gasteiger partial charge is 0.410 e. The monoisotopic (exact) mass is 306 g/mol. The van der Waals surface area contributed by atoms with Gasteiger partial charge in [-0.05, 0) is 41.0 Å². The maximum atomic E-state index is 12.2. The first-order valence-electron chi connectivity index (χ1n) is 7.49. The van der Waals surface area contributed by atoms with Gasteiger partial charge in [0.25, 0.3) is 8.05 Å². The molecular weight excluding hydrogens is 283 g/mol. The van der Waals surface area contributed by atoms with Crippen molar-refractivity contribution >= 4 is 14.1 Å². The van der Waals surface area contributed by atoms with E-state index in [0.29, 0.717) is 13.1 Å². The van der Waals surface area contributed by atoms with E-state index in [9.17, 15) is 4.79 Å². The van der Waals surface area contributed by atoms with Crippen molar-refractivity contribution in [2.45, 2.75) is 58.7 Å². The molecule has 0 bridgehead atoms. The molecule has 0 spiro atoms. The molecule has 22 heavy (non-hydrogen) atoms. The SMILES string of the molecule is [B]OC1CN(C(=O)OC(C)(C)C)CCC1c1c(C)noc1C. The summed E-state index contributed by atoms with van der Waals surface area (Å²) in [6.45, 7) is 10.3. The van der Waals surface area contributed by atoms with Crippen LogP contribution in [0.15, 0.2) is 4.52 Å². The Kier molecular flexibility index (Phi) is 4.85. The number of amides is 1. The molecular formula is C15H23BN2O4. The fourth-order valence-electron chi connectivity index (χ4n) is 2.90. The van der Waals surface area contributed by atoms with Gasteiger partial charge in [0.05, 0.1) is 11.8 Å². The number of rotatable bonds is 2. The van der Waals surface area contributed by atoms with E-state index in [1.54, 1.807) is 4.90 Å². The Bertz CT molecular complexity index is 519. The van der Waals surface area contributed by atoms with Gasteiger partial charge in [-0.15, -0.1) is 0 Å². The van der Waals surface area contributed by atoms with Crippen LogP contribution in [0.1, 0.15) is 50.1 Å². The lowest BCUT2D eigenvalue weighted by atomic mass is 9.85. The molecule has 0 aromatic carbocycles. The Morgan fingerprint density at radius 1 is 1.41 bits per heavy atom. The molecule has 1 amide bonds. The summed E-state index contributed by atoms with van der Waals surface area (Å²) in [6, 6.07) is 0. The summed E-state index contributed by atoms with van der Waals surface area (Å²) in [5, 5.41) is 3.99. The molecule has 1 aliphatic rings. The predicted octanol–water partition coefficient (Wildman–Crippen LogP) is 2.48. The lowest BCUT2D eigenvalue weighted by molar-refractivity contribution is 0.00445. The van der Waals surface area contributed by atoms with E-state index in [1.807, 2.05) is 34.6 Å². The number of carbonyl (C=O) groups is 1. The molecule has 2 unspecified atom stereocenters. The minimum Gasteiger partial charge on any atom is -0.444 e. The summed E-state index contributed by atoms with van der Waals surface area (Å²) in [6.07, 6.45) is 0.0779. The van der Waals surface area contributed by atoms with Crippen molar-refractivity contribution in [1.82, 2.24) is 10.1 Å². The second-order valence-corrected chi connectivity index (χ2v) is 6.73. The van der Waals surface area contributed by atoms with E-state index >= 15 is 0 Å². The van der Waals surface area contributed by atoms with E-state index in [0.717, 1.165) is 23.4 Å². The van der Waals surface area contributed by atoms with Crippen LogP contribution in [0.5, 0.6) is 0 Å². The van der Waals surface area contributed by atoms with Crippen LogP contribution in [0.3, 0.4) is 0 Å².